The SMILES string of the molecule is C=CC(N1CCCCC1)S(=O)(=O)c1ccc(NC(=O)NCc2cnccn2)cc1. The maximum absolute atomic E-state index is 13.0. The van der Waals surface area contributed by atoms with E-state index in [-0.39, 0.29) is 11.4 Å². The molecule has 1 saturated heterocycles. The monoisotopic (exact) mass is 415 g/mol. The second-order valence-corrected chi connectivity index (χ2v) is 8.84. The lowest BCUT2D eigenvalue weighted by atomic mass is 10.1. The molecule has 8 nitrogen and oxygen atoms in total. The van der Waals surface area contributed by atoms with Crippen LogP contribution in [0, 0.1) is 0 Å². The third kappa shape index (κ3) is 5.39. The predicted octanol–water partition coefficient (Wildman–Crippen LogP) is 2.57. The Morgan fingerprint density at radius 2 is 1.90 bits per heavy atom. The Morgan fingerprint density at radius 1 is 1.17 bits per heavy atom. The summed E-state index contributed by atoms with van der Waals surface area (Å²) >= 11 is 0. The Hall–Kier alpha value is -2.78. The molecule has 3 rings (SSSR count). The summed E-state index contributed by atoms with van der Waals surface area (Å²) < 4.78 is 26.1. The van der Waals surface area contributed by atoms with E-state index in [0.717, 1.165) is 32.4 Å². The van der Waals surface area contributed by atoms with Gasteiger partial charge in [0.15, 0.2) is 9.84 Å². The molecule has 1 aliphatic rings. The van der Waals surface area contributed by atoms with E-state index in [1.54, 1.807) is 30.7 Å². The number of piperidine rings is 1. The Labute approximate surface area is 171 Å². The average molecular weight is 416 g/mol. The molecular formula is C20H25N5O3S. The molecule has 1 fully saturated rings. The van der Waals surface area contributed by atoms with Gasteiger partial charge in [-0.2, -0.15) is 0 Å². The maximum Gasteiger partial charge on any atom is 0.319 e. The van der Waals surface area contributed by atoms with Crippen molar-refractivity contribution in [1.82, 2.24) is 20.2 Å². The second-order valence-electron chi connectivity index (χ2n) is 6.80. The van der Waals surface area contributed by atoms with Crippen molar-refractivity contribution in [3.05, 3.63) is 61.2 Å². The molecule has 2 aromatic rings. The third-order valence-electron chi connectivity index (χ3n) is 4.76. The first kappa shape index (κ1) is 20.9. The van der Waals surface area contributed by atoms with Gasteiger partial charge in [0.2, 0.25) is 0 Å². The summed E-state index contributed by atoms with van der Waals surface area (Å²) in [6.07, 6.45) is 9.28. The van der Waals surface area contributed by atoms with Crippen LogP contribution in [0.15, 0.2) is 60.4 Å². The molecule has 9 heteroatoms. The molecule has 1 atom stereocenters. The summed E-state index contributed by atoms with van der Waals surface area (Å²) in [7, 11) is -3.58. The summed E-state index contributed by atoms with van der Waals surface area (Å²) in [6.45, 7) is 5.48. The fraction of sp³-hybridized carbons (Fsp3) is 0.350. The van der Waals surface area contributed by atoms with Crippen molar-refractivity contribution in [3.8, 4) is 0 Å². The minimum Gasteiger partial charge on any atom is -0.332 e. The summed E-state index contributed by atoms with van der Waals surface area (Å²) in [6, 6.07) is 5.75. The highest BCUT2D eigenvalue weighted by Crippen LogP contribution is 2.24. The molecule has 29 heavy (non-hydrogen) atoms. The summed E-state index contributed by atoms with van der Waals surface area (Å²) in [5.41, 5.74) is 1.13. The van der Waals surface area contributed by atoms with Crippen molar-refractivity contribution in [3.63, 3.8) is 0 Å². The number of carbonyl (C=O) groups excluding carboxylic acids is 1. The fourth-order valence-corrected chi connectivity index (χ4v) is 4.93. The lowest BCUT2D eigenvalue weighted by Gasteiger charge is -2.32. The number of sulfone groups is 1. The first-order valence-corrected chi connectivity index (χ1v) is 11.1. The van der Waals surface area contributed by atoms with Crippen LogP contribution in [0.1, 0.15) is 25.0 Å². The molecule has 1 aromatic heterocycles. The van der Waals surface area contributed by atoms with Crippen molar-refractivity contribution < 1.29 is 13.2 Å². The average Bonchev–Trinajstić information content (AvgIpc) is 2.74. The van der Waals surface area contributed by atoms with Crippen LogP contribution >= 0.6 is 0 Å². The molecule has 2 amide bonds. The van der Waals surface area contributed by atoms with Crippen LogP contribution in [0.4, 0.5) is 10.5 Å². The van der Waals surface area contributed by atoms with Crippen LogP contribution in [0.5, 0.6) is 0 Å². The molecule has 0 radical (unpaired) electrons. The van der Waals surface area contributed by atoms with Crippen molar-refractivity contribution in [2.75, 3.05) is 18.4 Å². The zero-order chi connectivity index (χ0) is 20.7. The summed E-state index contributed by atoms with van der Waals surface area (Å²) in [5.74, 6) is 0. The number of carbonyl (C=O) groups is 1. The van der Waals surface area contributed by atoms with Gasteiger partial charge in [0, 0.05) is 18.1 Å². The van der Waals surface area contributed by atoms with Crippen LogP contribution in [-0.2, 0) is 16.4 Å². The van der Waals surface area contributed by atoms with Crippen molar-refractivity contribution in [2.24, 2.45) is 0 Å². The van der Waals surface area contributed by atoms with Gasteiger partial charge in [-0.3, -0.25) is 14.9 Å². The minimum absolute atomic E-state index is 0.207. The number of hydrogen-bond donors (Lipinski definition) is 2. The Bertz CT molecular complexity index is 926. The first-order valence-electron chi connectivity index (χ1n) is 9.51. The number of rotatable bonds is 7. The number of aromatic nitrogens is 2. The number of amides is 2. The smallest absolute Gasteiger partial charge is 0.319 e. The van der Waals surface area contributed by atoms with Crippen LogP contribution < -0.4 is 10.6 Å². The zero-order valence-electron chi connectivity index (χ0n) is 16.1. The van der Waals surface area contributed by atoms with E-state index in [0.29, 0.717) is 11.4 Å². The normalized spacial score (nSPS) is 16.0. The van der Waals surface area contributed by atoms with Gasteiger partial charge in [-0.25, -0.2) is 13.2 Å². The van der Waals surface area contributed by atoms with E-state index in [1.807, 2.05) is 4.90 Å². The molecule has 1 aromatic carbocycles. The number of nitrogens with one attached hydrogen (secondary N) is 2. The molecule has 154 valence electrons. The van der Waals surface area contributed by atoms with Crippen molar-refractivity contribution in [2.45, 2.75) is 36.1 Å². The molecular weight excluding hydrogens is 390 g/mol. The van der Waals surface area contributed by atoms with Crippen molar-refractivity contribution in [1.29, 1.82) is 0 Å². The number of benzene rings is 1. The van der Waals surface area contributed by atoms with Crippen LogP contribution in [0.25, 0.3) is 0 Å². The summed E-state index contributed by atoms with van der Waals surface area (Å²) in [5, 5.41) is 4.61. The quantitative estimate of drug-likeness (QED) is 0.674. The number of nitrogens with zero attached hydrogens (tertiary/aromatic N) is 3. The van der Waals surface area contributed by atoms with E-state index in [4.69, 9.17) is 0 Å². The predicted molar refractivity (Wildman–Crippen MR) is 111 cm³/mol. The van der Waals surface area contributed by atoms with Crippen molar-refractivity contribution >= 4 is 21.6 Å². The second kappa shape index (κ2) is 9.62. The van der Waals surface area contributed by atoms with Crippen LogP contribution in [0.2, 0.25) is 0 Å². The van der Waals surface area contributed by atoms with Gasteiger partial charge >= 0.3 is 6.03 Å². The van der Waals surface area contributed by atoms with E-state index < -0.39 is 21.2 Å². The van der Waals surface area contributed by atoms with Gasteiger partial charge < -0.3 is 10.6 Å². The zero-order valence-corrected chi connectivity index (χ0v) is 16.9. The molecule has 0 saturated carbocycles. The largest absolute Gasteiger partial charge is 0.332 e. The fourth-order valence-electron chi connectivity index (χ4n) is 3.28. The van der Waals surface area contributed by atoms with E-state index >= 15 is 0 Å². The lowest BCUT2D eigenvalue weighted by molar-refractivity contribution is 0.229. The standard InChI is InChI=1S/C20H25N5O3S/c1-2-19(25-12-4-3-5-13-25)29(27,28)18-8-6-16(7-9-18)24-20(26)23-15-17-14-21-10-11-22-17/h2,6-11,14,19H,1,3-5,12-13,15H2,(H2,23,24,26). The summed E-state index contributed by atoms with van der Waals surface area (Å²) in [4.78, 5) is 22.2. The number of anilines is 1. The van der Waals surface area contributed by atoms with Gasteiger partial charge in [0.05, 0.1) is 23.3 Å². The van der Waals surface area contributed by atoms with E-state index in [2.05, 4.69) is 27.2 Å². The highest BCUT2D eigenvalue weighted by atomic mass is 32.2. The molecule has 2 heterocycles. The maximum atomic E-state index is 13.0. The first-order chi connectivity index (χ1) is 14.0. The number of hydrogen-bond acceptors (Lipinski definition) is 6. The number of urea groups is 1. The van der Waals surface area contributed by atoms with E-state index in [1.165, 1.54) is 18.2 Å². The van der Waals surface area contributed by atoms with Gasteiger partial charge in [-0.1, -0.05) is 12.5 Å². The third-order valence-corrected chi connectivity index (χ3v) is 6.81. The van der Waals surface area contributed by atoms with Crippen LogP contribution in [0.3, 0.4) is 0 Å². The molecule has 1 unspecified atom stereocenters. The number of likely N-dealkylation sites (tertiary alicyclic amines) is 1. The minimum atomic E-state index is -3.58. The van der Waals surface area contributed by atoms with E-state index in [9.17, 15) is 13.2 Å². The van der Waals surface area contributed by atoms with Crippen LogP contribution in [-0.4, -0.2) is 47.8 Å². The highest BCUT2D eigenvalue weighted by molar-refractivity contribution is 7.92. The molecule has 2 N–H and O–H groups in total. The molecule has 0 spiro atoms. The molecule has 0 aliphatic carbocycles. The Kier molecular flexibility index (Phi) is 6.95. The van der Waals surface area contributed by atoms with Gasteiger partial charge in [0.25, 0.3) is 0 Å². The highest BCUT2D eigenvalue weighted by Gasteiger charge is 2.31. The molecule has 1 aliphatic heterocycles. The van der Waals surface area contributed by atoms with Gasteiger partial charge in [-0.15, -0.1) is 6.58 Å². The molecule has 0 bridgehead atoms. The lowest BCUT2D eigenvalue weighted by Crippen LogP contribution is -2.42. The van der Waals surface area contributed by atoms with Gasteiger partial charge in [-0.05, 0) is 50.2 Å². The van der Waals surface area contributed by atoms with Gasteiger partial charge in [0.1, 0.15) is 5.37 Å². The Morgan fingerprint density at radius 3 is 2.52 bits per heavy atom. The topological polar surface area (TPSA) is 104 Å². The Balaban J connectivity index is 1.62.